The molecule has 2 amide bonds. The van der Waals surface area contributed by atoms with Crippen molar-refractivity contribution in [1.29, 1.82) is 0 Å². The summed E-state index contributed by atoms with van der Waals surface area (Å²) in [6, 6.07) is 3.73. The normalized spacial score (nSPS) is 10.8. The molecule has 0 aliphatic heterocycles. The van der Waals surface area contributed by atoms with Gasteiger partial charge in [0.25, 0.3) is 5.91 Å². The fourth-order valence-corrected chi connectivity index (χ4v) is 3.84. The van der Waals surface area contributed by atoms with E-state index in [2.05, 4.69) is 10.6 Å². The van der Waals surface area contributed by atoms with E-state index in [0.29, 0.717) is 22.0 Å². The topological polar surface area (TPSA) is 101 Å². The van der Waals surface area contributed by atoms with Crippen LogP contribution in [0.2, 0.25) is 0 Å². The van der Waals surface area contributed by atoms with Crippen LogP contribution in [0.1, 0.15) is 44.0 Å². The molecule has 2 N–H and O–H groups in total. The highest BCUT2D eigenvalue weighted by atomic mass is 32.1. The lowest BCUT2D eigenvalue weighted by atomic mass is 10.1. The van der Waals surface area contributed by atoms with Crippen LogP contribution in [0.3, 0.4) is 0 Å². The van der Waals surface area contributed by atoms with Crippen LogP contribution in [0.5, 0.6) is 0 Å². The average Bonchev–Trinajstić information content (AvgIpc) is 3.17. The minimum absolute atomic E-state index is 0.0915. The lowest BCUT2D eigenvalue weighted by molar-refractivity contribution is -0.117. The van der Waals surface area contributed by atoms with Crippen molar-refractivity contribution >= 4 is 34.1 Å². The van der Waals surface area contributed by atoms with Crippen molar-refractivity contribution in [3.8, 4) is 0 Å². The summed E-state index contributed by atoms with van der Waals surface area (Å²) >= 11 is 1.05. The number of hydrogen-bond donors (Lipinski definition) is 2. The smallest absolute Gasteiger partial charge is 0.341 e. The van der Waals surface area contributed by atoms with E-state index < -0.39 is 5.97 Å². The second-order valence-electron chi connectivity index (χ2n) is 6.29. The van der Waals surface area contributed by atoms with Crippen LogP contribution in [0.25, 0.3) is 0 Å². The van der Waals surface area contributed by atoms with Gasteiger partial charge in [-0.15, -0.1) is 11.3 Å². The number of rotatable bonds is 8. The van der Waals surface area contributed by atoms with Crippen LogP contribution < -0.4 is 10.6 Å². The van der Waals surface area contributed by atoms with Crippen molar-refractivity contribution in [2.45, 2.75) is 27.3 Å². The first-order chi connectivity index (χ1) is 13.3. The molecule has 0 saturated carbocycles. The molecule has 8 nitrogen and oxygen atoms in total. The molecule has 0 aromatic carbocycles. The van der Waals surface area contributed by atoms with Crippen molar-refractivity contribution in [1.82, 2.24) is 10.2 Å². The number of likely N-dealkylation sites (N-methyl/N-ethyl adjacent to an activating group) is 1. The number of amides is 2. The number of esters is 1. The zero-order valence-corrected chi connectivity index (χ0v) is 17.5. The number of ether oxygens (including phenoxy) is 1. The standard InChI is InChI=1S/C19H25N3O5S/c1-6-26-19(25)15-12(3)16(17(24)20-4)28-18(15)21-14(23)10-22(5)9-13-8-7-11(2)27-13/h7-8H,6,9-10H2,1-5H3,(H,20,24)(H,21,23). The molecule has 0 spiro atoms. The summed E-state index contributed by atoms with van der Waals surface area (Å²) in [6.07, 6.45) is 0. The number of nitrogens with zero attached hydrogens (tertiary/aromatic N) is 1. The van der Waals surface area contributed by atoms with Crippen LogP contribution in [0.4, 0.5) is 5.00 Å². The highest BCUT2D eigenvalue weighted by molar-refractivity contribution is 7.18. The SMILES string of the molecule is CCOC(=O)c1c(NC(=O)CN(C)Cc2ccc(C)o2)sc(C(=O)NC)c1C. The van der Waals surface area contributed by atoms with Gasteiger partial charge in [-0.25, -0.2) is 4.79 Å². The van der Waals surface area contributed by atoms with Gasteiger partial charge >= 0.3 is 5.97 Å². The predicted molar refractivity (Wildman–Crippen MR) is 107 cm³/mol. The zero-order valence-electron chi connectivity index (χ0n) is 16.7. The largest absolute Gasteiger partial charge is 0.465 e. The maximum Gasteiger partial charge on any atom is 0.341 e. The van der Waals surface area contributed by atoms with E-state index in [1.165, 1.54) is 7.05 Å². The lowest BCUT2D eigenvalue weighted by Gasteiger charge is -2.15. The molecule has 152 valence electrons. The molecule has 0 atom stereocenters. The molecule has 0 radical (unpaired) electrons. The molecule has 0 fully saturated rings. The van der Waals surface area contributed by atoms with Crippen molar-refractivity contribution < 1.29 is 23.5 Å². The van der Waals surface area contributed by atoms with E-state index in [1.807, 2.05) is 19.1 Å². The molecule has 0 aliphatic carbocycles. The molecule has 2 rings (SSSR count). The number of carbonyl (C=O) groups is 3. The van der Waals surface area contributed by atoms with Gasteiger partial charge in [-0.1, -0.05) is 0 Å². The first-order valence-electron chi connectivity index (χ1n) is 8.83. The first kappa shape index (κ1) is 21.6. The summed E-state index contributed by atoms with van der Waals surface area (Å²) in [4.78, 5) is 39.0. The molecule has 9 heteroatoms. The van der Waals surface area contributed by atoms with E-state index in [-0.39, 0.29) is 30.5 Å². The molecule has 0 bridgehead atoms. The lowest BCUT2D eigenvalue weighted by Crippen LogP contribution is -2.30. The van der Waals surface area contributed by atoms with Crippen LogP contribution in [-0.2, 0) is 16.1 Å². The van der Waals surface area contributed by atoms with Crippen molar-refractivity contribution in [3.05, 3.63) is 39.7 Å². The van der Waals surface area contributed by atoms with Gasteiger partial charge in [-0.05, 0) is 45.5 Å². The maximum atomic E-state index is 12.5. The van der Waals surface area contributed by atoms with Gasteiger partial charge in [0.05, 0.1) is 30.1 Å². The maximum absolute atomic E-state index is 12.5. The summed E-state index contributed by atoms with van der Waals surface area (Å²) < 4.78 is 10.6. The minimum atomic E-state index is -0.568. The summed E-state index contributed by atoms with van der Waals surface area (Å²) in [5, 5.41) is 5.58. The highest BCUT2D eigenvalue weighted by Crippen LogP contribution is 2.33. The quantitative estimate of drug-likeness (QED) is 0.652. The van der Waals surface area contributed by atoms with Gasteiger partial charge in [0.2, 0.25) is 5.91 Å². The third-order valence-corrected chi connectivity index (χ3v) is 5.15. The second kappa shape index (κ2) is 9.52. The van der Waals surface area contributed by atoms with E-state index in [9.17, 15) is 14.4 Å². The summed E-state index contributed by atoms with van der Waals surface area (Å²) in [5.41, 5.74) is 0.695. The Labute approximate surface area is 167 Å². The van der Waals surface area contributed by atoms with Gasteiger partial charge in [0.1, 0.15) is 16.5 Å². The first-order valence-corrected chi connectivity index (χ1v) is 9.64. The Bertz CT molecular complexity index is 871. The molecule has 2 aromatic rings. The van der Waals surface area contributed by atoms with Crippen molar-refractivity contribution in [2.24, 2.45) is 0 Å². The predicted octanol–water partition coefficient (Wildman–Crippen LogP) is 2.56. The fraction of sp³-hybridized carbons (Fsp3) is 0.421. The summed E-state index contributed by atoms with van der Waals surface area (Å²) in [6.45, 7) is 5.97. The Morgan fingerprint density at radius 1 is 1.25 bits per heavy atom. The molecular weight excluding hydrogens is 382 g/mol. The van der Waals surface area contributed by atoms with E-state index in [1.54, 1.807) is 25.8 Å². The Kier molecular flexibility index (Phi) is 7.36. The van der Waals surface area contributed by atoms with Gasteiger partial charge in [-0.3, -0.25) is 14.5 Å². The monoisotopic (exact) mass is 407 g/mol. The van der Waals surface area contributed by atoms with Crippen molar-refractivity contribution in [3.63, 3.8) is 0 Å². The summed E-state index contributed by atoms with van der Waals surface area (Å²) in [5.74, 6) is 0.373. The molecular formula is C19H25N3O5S. The van der Waals surface area contributed by atoms with Crippen LogP contribution >= 0.6 is 11.3 Å². The summed E-state index contributed by atoms with van der Waals surface area (Å²) in [7, 11) is 3.30. The van der Waals surface area contributed by atoms with E-state index >= 15 is 0 Å². The Morgan fingerprint density at radius 2 is 1.96 bits per heavy atom. The van der Waals surface area contributed by atoms with Crippen molar-refractivity contribution in [2.75, 3.05) is 32.6 Å². The molecule has 2 aromatic heterocycles. The Balaban J connectivity index is 2.15. The van der Waals surface area contributed by atoms with Gasteiger partial charge in [-0.2, -0.15) is 0 Å². The third kappa shape index (κ3) is 5.20. The Hall–Kier alpha value is -2.65. The van der Waals surface area contributed by atoms with Gasteiger partial charge in [0, 0.05) is 7.05 Å². The van der Waals surface area contributed by atoms with E-state index in [4.69, 9.17) is 9.15 Å². The van der Waals surface area contributed by atoms with Crippen LogP contribution in [0, 0.1) is 13.8 Å². The third-order valence-electron chi connectivity index (χ3n) is 3.95. The molecule has 28 heavy (non-hydrogen) atoms. The molecule has 0 unspecified atom stereocenters. The molecule has 2 heterocycles. The number of furan rings is 1. The van der Waals surface area contributed by atoms with Gasteiger partial charge in [0.15, 0.2) is 0 Å². The van der Waals surface area contributed by atoms with Crippen LogP contribution in [0.15, 0.2) is 16.5 Å². The molecule has 0 aliphatic rings. The number of aryl methyl sites for hydroxylation is 1. The number of carbonyl (C=O) groups excluding carboxylic acids is 3. The number of hydrogen-bond acceptors (Lipinski definition) is 7. The minimum Gasteiger partial charge on any atom is -0.465 e. The fourth-order valence-electron chi connectivity index (χ4n) is 2.68. The Morgan fingerprint density at radius 3 is 2.54 bits per heavy atom. The number of thiophene rings is 1. The number of nitrogens with one attached hydrogen (secondary N) is 2. The second-order valence-corrected chi connectivity index (χ2v) is 7.31. The highest BCUT2D eigenvalue weighted by Gasteiger charge is 2.26. The van der Waals surface area contributed by atoms with E-state index in [0.717, 1.165) is 22.9 Å². The zero-order chi connectivity index (χ0) is 20.8. The average molecular weight is 407 g/mol. The van der Waals surface area contributed by atoms with Crippen LogP contribution in [-0.4, -0.2) is 49.9 Å². The molecule has 0 saturated heterocycles. The van der Waals surface area contributed by atoms with Gasteiger partial charge < -0.3 is 19.8 Å². The number of anilines is 1.